The molecular formula is C15H11ClN6O. The Hall–Kier alpha value is -2.98. The van der Waals surface area contributed by atoms with E-state index in [1.54, 1.807) is 24.7 Å². The predicted octanol–water partition coefficient (Wildman–Crippen LogP) is 1.86. The SMILES string of the molecule is N#CCNC(=O)Cc1cncc(-c2c[nH]c3ncc(Cl)cc23)n1. The Labute approximate surface area is 136 Å². The molecule has 0 aliphatic carbocycles. The number of amides is 1. The number of hydrogen-bond donors (Lipinski definition) is 2. The van der Waals surface area contributed by atoms with E-state index >= 15 is 0 Å². The van der Waals surface area contributed by atoms with Gasteiger partial charge in [0.25, 0.3) is 0 Å². The van der Waals surface area contributed by atoms with Gasteiger partial charge >= 0.3 is 0 Å². The van der Waals surface area contributed by atoms with E-state index in [4.69, 9.17) is 16.9 Å². The molecule has 7 nitrogen and oxygen atoms in total. The molecule has 0 aromatic carbocycles. The van der Waals surface area contributed by atoms with Crippen molar-refractivity contribution in [2.75, 3.05) is 6.54 Å². The van der Waals surface area contributed by atoms with Gasteiger partial charge in [0.15, 0.2) is 0 Å². The highest BCUT2D eigenvalue weighted by molar-refractivity contribution is 6.31. The number of carbonyl (C=O) groups excluding carboxylic acids is 1. The summed E-state index contributed by atoms with van der Waals surface area (Å²) in [6.45, 7) is -0.0292. The molecule has 0 fully saturated rings. The van der Waals surface area contributed by atoms with Crippen LogP contribution in [0, 0.1) is 11.3 Å². The molecular weight excluding hydrogens is 316 g/mol. The number of halogens is 1. The zero-order valence-electron chi connectivity index (χ0n) is 11.9. The lowest BCUT2D eigenvalue weighted by molar-refractivity contribution is -0.120. The average Bonchev–Trinajstić information content (AvgIpc) is 2.96. The lowest BCUT2D eigenvalue weighted by atomic mass is 10.1. The Bertz CT molecular complexity index is 914. The van der Waals surface area contributed by atoms with Crippen molar-refractivity contribution in [3.63, 3.8) is 0 Å². The van der Waals surface area contributed by atoms with E-state index in [1.807, 2.05) is 6.07 Å². The van der Waals surface area contributed by atoms with Crippen molar-refractivity contribution >= 4 is 28.5 Å². The van der Waals surface area contributed by atoms with Crippen molar-refractivity contribution in [2.45, 2.75) is 6.42 Å². The van der Waals surface area contributed by atoms with Gasteiger partial charge in [-0.2, -0.15) is 5.26 Å². The van der Waals surface area contributed by atoms with Gasteiger partial charge in [0, 0.05) is 29.5 Å². The van der Waals surface area contributed by atoms with Gasteiger partial charge in [-0.25, -0.2) is 9.97 Å². The molecule has 1 amide bonds. The first-order chi connectivity index (χ1) is 11.2. The van der Waals surface area contributed by atoms with E-state index in [9.17, 15) is 4.79 Å². The zero-order valence-corrected chi connectivity index (χ0v) is 12.6. The monoisotopic (exact) mass is 326 g/mol. The van der Waals surface area contributed by atoms with Crippen LogP contribution >= 0.6 is 11.6 Å². The standard InChI is InChI=1S/C15H11ClN6O/c16-9-3-11-12(7-21-15(11)20-5-9)13-8-18-6-10(22-13)4-14(23)19-2-1-17/h3,5-8H,2,4H2,(H,19,23)(H,20,21). The first kappa shape index (κ1) is 14.9. The molecule has 8 heteroatoms. The molecule has 0 radical (unpaired) electrons. The number of aromatic nitrogens is 4. The first-order valence-corrected chi connectivity index (χ1v) is 7.13. The number of fused-ring (bicyclic) bond motifs is 1. The topological polar surface area (TPSA) is 107 Å². The van der Waals surface area contributed by atoms with Gasteiger partial charge in [-0.3, -0.25) is 9.78 Å². The van der Waals surface area contributed by atoms with Crippen LogP contribution in [0.5, 0.6) is 0 Å². The number of aromatic amines is 1. The van der Waals surface area contributed by atoms with Crippen LogP contribution in [0.4, 0.5) is 0 Å². The molecule has 3 aromatic heterocycles. The molecule has 23 heavy (non-hydrogen) atoms. The molecule has 3 aromatic rings. The van der Waals surface area contributed by atoms with Crippen molar-refractivity contribution in [3.8, 4) is 17.3 Å². The Kier molecular flexibility index (Phi) is 4.17. The molecule has 0 bridgehead atoms. The van der Waals surface area contributed by atoms with Crippen molar-refractivity contribution in [1.82, 2.24) is 25.3 Å². The molecule has 0 unspecified atom stereocenters. The normalized spacial score (nSPS) is 10.4. The summed E-state index contributed by atoms with van der Waals surface area (Å²) >= 11 is 5.99. The minimum Gasteiger partial charge on any atom is -0.345 e. The maximum atomic E-state index is 11.7. The smallest absolute Gasteiger partial charge is 0.226 e. The number of H-pyrrole nitrogens is 1. The van der Waals surface area contributed by atoms with Crippen LogP contribution in [0.15, 0.2) is 30.9 Å². The molecule has 0 aliphatic heterocycles. The highest BCUT2D eigenvalue weighted by Crippen LogP contribution is 2.27. The predicted molar refractivity (Wildman–Crippen MR) is 84.5 cm³/mol. The minimum atomic E-state index is -0.276. The summed E-state index contributed by atoms with van der Waals surface area (Å²) in [5.41, 5.74) is 2.64. The summed E-state index contributed by atoms with van der Waals surface area (Å²) in [7, 11) is 0. The maximum absolute atomic E-state index is 11.7. The second-order valence-electron chi connectivity index (χ2n) is 4.76. The van der Waals surface area contributed by atoms with Crippen LogP contribution in [0.2, 0.25) is 5.02 Å². The van der Waals surface area contributed by atoms with Gasteiger partial charge < -0.3 is 10.3 Å². The fraction of sp³-hybridized carbons (Fsp3) is 0.133. The summed E-state index contributed by atoms with van der Waals surface area (Å²) < 4.78 is 0. The highest BCUT2D eigenvalue weighted by atomic mass is 35.5. The number of rotatable bonds is 4. The second kappa shape index (κ2) is 6.42. The van der Waals surface area contributed by atoms with Gasteiger partial charge in [0.05, 0.1) is 35.1 Å². The summed E-state index contributed by atoms with van der Waals surface area (Å²) in [5, 5.41) is 12.3. The fourth-order valence-corrected chi connectivity index (χ4v) is 2.33. The van der Waals surface area contributed by atoms with Gasteiger partial charge in [0.2, 0.25) is 5.91 Å². The quantitative estimate of drug-likeness (QED) is 0.711. The molecule has 2 N–H and O–H groups in total. The van der Waals surface area contributed by atoms with Crippen molar-refractivity contribution < 1.29 is 4.79 Å². The maximum Gasteiger partial charge on any atom is 0.226 e. The second-order valence-corrected chi connectivity index (χ2v) is 5.20. The largest absolute Gasteiger partial charge is 0.345 e. The summed E-state index contributed by atoms with van der Waals surface area (Å²) in [5.74, 6) is -0.276. The Balaban J connectivity index is 1.91. The van der Waals surface area contributed by atoms with Crippen LogP contribution < -0.4 is 5.32 Å². The zero-order chi connectivity index (χ0) is 16.2. The van der Waals surface area contributed by atoms with Crippen LogP contribution in [-0.4, -0.2) is 32.4 Å². The van der Waals surface area contributed by atoms with Crippen LogP contribution in [0.1, 0.15) is 5.69 Å². The third kappa shape index (κ3) is 3.27. The lowest BCUT2D eigenvalue weighted by Gasteiger charge is -2.03. The number of hydrogen-bond acceptors (Lipinski definition) is 5. The van der Waals surface area contributed by atoms with Gasteiger partial charge in [0.1, 0.15) is 12.2 Å². The van der Waals surface area contributed by atoms with Crippen molar-refractivity contribution in [1.29, 1.82) is 5.26 Å². The van der Waals surface area contributed by atoms with Crippen LogP contribution in [0.3, 0.4) is 0 Å². The molecule has 0 spiro atoms. The van der Waals surface area contributed by atoms with Crippen molar-refractivity contribution in [3.05, 3.63) is 41.6 Å². The number of nitriles is 1. The van der Waals surface area contributed by atoms with E-state index in [-0.39, 0.29) is 18.9 Å². The molecule has 0 aliphatic rings. The number of nitrogens with one attached hydrogen (secondary N) is 2. The lowest BCUT2D eigenvalue weighted by Crippen LogP contribution is -2.25. The molecule has 3 heterocycles. The molecule has 0 saturated heterocycles. The molecule has 114 valence electrons. The summed E-state index contributed by atoms with van der Waals surface area (Å²) in [6, 6.07) is 3.65. The van der Waals surface area contributed by atoms with E-state index in [0.717, 1.165) is 10.9 Å². The van der Waals surface area contributed by atoms with E-state index in [1.165, 1.54) is 6.20 Å². The average molecular weight is 327 g/mol. The van der Waals surface area contributed by atoms with Crippen molar-refractivity contribution in [2.24, 2.45) is 0 Å². The van der Waals surface area contributed by atoms with Crippen LogP contribution in [0.25, 0.3) is 22.3 Å². The fourth-order valence-electron chi connectivity index (χ4n) is 2.18. The number of pyridine rings is 1. The number of nitrogens with zero attached hydrogens (tertiary/aromatic N) is 4. The molecule has 3 rings (SSSR count). The summed E-state index contributed by atoms with van der Waals surface area (Å²) in [6.07, 6.45) is 6.53. The van der Waals surface area contributed by atoms with Gasteiger partial charge in [-0.1, -0.05) is 11.6 Å². The minimum absolute atomic E-state index is 0.0292. The van der Waals surface area contributed by atoms with E-state index in [2.05, 4.69) is 25.3 Å². The van der Waals surface area contributed by atoms with Crippen LogP contribution in [-0.2, 0) is 11.2 Å². The number of carbonyl (C=O) groups is 1. The van der Waals surface area contributed by atoms with Gasteiger partial charge in [-0.15, -0.1) is 0 Å². The van der Waals surface area contributed by atoms with E-state index in [0.29, 0.717) is 22.1 Å². The highest BCUT2D eigenvalue weighted by Gasteiger charge is 2.11. The first-order valence-electron chi connectivity index (χ1n) is 6.75. The van der Waals surface area contributed by atoms with Gasteiger partial charge in [-0.05, 0) is 6.07 Å². The Morgan fingerprint density at radius 1 is 1.39 bits per heavy atom. The molecule has 0 saturated carbocycles. The summed E-state index contributed by atoms with van der Waals surface area (Å²) in [4.78, 5) is 27.5. The Morgan fingerprint density at radius 2 is 2.26 bits per heavy atom. The van der Waals surface area contributed by atoms with E-state index < -0.39 is 0 Å². The molecule has 0 atom stereocenters. The third-order valence-corrected chi connectivity index (χ3v) is 3.37. The third-order valence-electron chi connectivity index (χ3n) is 3.16. The Morgan fingerprint density at radius 3 is 3.09 bits per heavy atom.